The minimum Gasteiger partial charge on any atom is -0.493 e. The first-order valence-corrected chi connectivity index (χ1v) is 9.29. The fourth-order valence-corrected chi connectivity index (χ4v) is 3.71. The molecule has 1 N–H and O–H groups in total. The predicted octanol–water partition coefficient (Wildman–Crippen LogP) is 5.71. The van der Waals surface area contributed by atoms with E-state index in [-0.39, 0.29) is 17.1 Å². The van der Waals surface area contributed by atoms with Crippen LogP contribution in [0.15, 0.2) is 48.5 Å². The van der Waals surface area contributed by atoms with Crippen LogP contribution in [0.1, 0.15) is 16.5 Å². The number of thiol groups is 1. The summed E-state index contributed by atoms with van der Waals surface area (Å²) >= 11 is 16.4. The van der Waals surface area contributed by atoms with Crippen LogP contribution < -0.4 is 0 Å². The summed E-state index contributed by atoms with van der Waals surface area (Å²) in [5, 5.41) is 14.6. The molecule has 2 aromatic carbocycles. The minimum absolute atomic E-state index is 0.0148. The van der Waals surface area contributed by atoms with E-state index in [4.69, 9.17) is 23.2 Å². The van der Waals surface area contributed by atoms with E-state index in [1.54, 1.807) is 24.3 Å². The van der Waals surface area contributed by atoms with Crippen molar-refractivity contribution in [3.63, 3.8) is 0 Å². The quantitative estimate of drug-likeness (QED) is 0.403. The number of aromatic nitrogens is 3. The third-order valence-corrected chi connectivity index (χ3v) is 5.12. The molecule has 2 heterocycles. The molecule has 142 valence electrons. The van der Waals surface area contributed by atoms with E-state index in [9.17, 15) is 13.9 Å². The highest BCUT2D eigenvalue weighted by atomic mass is 35.5. The SMILES string of the molecule is Oc1cc(C(S)c2cccc(F)c2F)nc2cc(-c3cc(Cl)cc(Cl)c3)nn12. The Bertz CT molecular complexity index is 1200. The zero-order valence-electron chi connectivity index (χ0n) is 13.9. The molecule has 0 bridgehead atoms. The van der Waals surface area contributed by atoms with Crippen molar-refractivity contribution in [2.24, 2.45) is 0 Å². The fraction of sp³-hybridized carbons (Fsp3) is 0.0526. The molecule has 2 aromatic heterocycles. The van der Waals surface area contributed by atoms with Gasteiger partial charge in [0.15, 0.2) is 17.3 Å². The molecule has 0 aliphatic carbocycles. The number of hydrogen-bond donors (Lipinski definition) is 2. The smallest absolute Gasteiger partial charge is 0.215 e. The molecule has 4 aromatic rings. The maximum atomic E-state index is 14.1. The van der Waals surface area contributed by atoms with Gasteiger partial charge >= 0.3 is 0 Å². The lowest BCUT2D eigenvalue weighted by Crippen LogP contribution is -2.03. The third kappa shape index (κ3) is 3.41. The van der Waals surface area contributed by atoms with Crippen molar-refractivity contribution in [3.8, 4) is 17.1 Å². The molecule has 4 rings (SSSR count). The molecule has 9 heteroatoms. The minimum atomic E-state index is -1.01. The van der Waals surface area contributed by atoms with E-state index < -0.39 is 16.9 Å². The van der Waals surface area contributed by atoms with Crippen molar-refractivity contribution in [1.82, 2.24) is 14.6 Å². The summed E-state index contributed by atoms with van der Waals surface area (Å²) in [4.78, 5) is 4.38. The molecular weight excluding hydrogens is 427 g/mol. The fourth-order valence-electron chi connectivity index (χ4n) is 2.85. The average Bonchev–Trinajstić information content (AvgIpc) is 3.07. The van der Waals surface area contributed by atoms with Gasteiger partial charge in [0.2, 0.25) is 5.88 Å². The molecule has 0 radical (unpaired) electrons. The summed E-state index contributed by atoms with van der Waals surface area (Å²) in [5.74, 6) is -2.21. The van der Waals surface area contributed by atoms with Gasteiger partial charge in [-0.2, -0.15) is 22.2 Å². The number of benzene rings is 2. The average molecular weight is 438 g/mol. The van der Waals surface area contributed by atoms with Crippen LogP contribution in [0, 0.1) is 11.6 Å². The molecule has 0 aliphatic rings. The van der Waals surface area contributed by atoms with Crippen molar-refractivity contribution in [1.29, 1.82) is 0 Å². The van der Waals surface area contributed by atoms with Gasteiger partial charge in [-0.15, -0.1) is 0 Å². The first kappa shape index (κ1) is 19.0. The van der Waals surface area contributed by atoms with Crippen molar-refractivity contribution < 1.29 is 13.9 Å². The Hall–Kier alpha value is -2.35. The first-order chi connectivity index (χ1) is 13.3. The summed E-state index contributed by atoms with van der Waals surface area (Å²) < 4.78 is 28.8. The summed E-state index contributed by atoms with van der Waals surface area (Å²) in [6.45, 7) is 0. The Morgan fingerprint density at radius 3 is 2.46 bits per heavy atom. The standard InChI is InChI=1S/C19H11Cl2F2N3OS/c20-10-4-9(5-11(21)6-10)14-7-16-24-15(8-17(27)26(16)25-14)19(28)12-2-1-3-13(22)18(12)23/h1-8,19,27-28H. The van der Waals surface area contributed by atoms with Crippen LogP contribution >= 0.6 is 35.8 Å². The van der Waals surface area contributed by atoms with Gasteiger partial charge in [0.1, 0.15) is 0 Å². The lowest BCUT2D eigenvalue weighted by molar-refractivity contribution is 0.434. The Morgan fingerprint density at radius 1 is 1.04 bits per heavy atom. The van der Waals surface area contributed by atoms with Crippen molar-refractivity contribution in [2.75, 3.05) is 0 Å². The van der Waals surface area contributed by atoms with Gasteiger partial charge in [-0.1, -0.05) is 35.3 Å². The highest BCUT2D eigenvalue weighted by molar-refractivity contribution is 7.80. The monoisotopic (exact) mass is 437 g/mol. The molecule has 4 nitrogen and oxygen atoms in total. The third-order valence-electron chi connectivity index (χ3n) is 4.14. The summed E-state index contributed by atoms with van der Waals surface area (Å²) in [5.41, 5.74) is 1.69. The van der Waals surface area contributed by atoms with E-state index in [2.05, 4.69) is 22.7 Å². The number of fused-ring (bicyclic) bond motifs is 1. The molecular formula is C19H11Cl2F2N3OS. The number of aromatic hydroxyl groups is 1. The molecule has 0 saturated heterocycles. The molecule has 1 atom stereocenters. The largest absolute Gasteiger partial charge is 0.493 e. The van der Waals surface area contributed by atoms with Gasteiger partial charge in [-0.25, -0.2) is 13.8 Å². The van der Waals surface area contributed by atoms with Crippen LogP contribution in [0.4, 0.5) is 8.78 Å². The van der Waals surface area contributed by atoms with E-state index in [0.29, 0.717) is 26.9 Å². The van der Waals surface area contributed by atoms with Crippen LogP contribution in [0.2, 0.25) is 10.0 Å². The Labute approximate surface area is 173 Å². The van der Waals surface area contributed by atoms with Crippen LogP contribution in [0.5, 0.6) is 5.88 Å². The Balaban J connectivity index is 1.81. The zero-order valence-corrected chi connectivity index (χ0v) is 16.4. The molecule has 0 fully saturated rings. The second-order valence-electron chi connectivity index (χ2n) is 6.04. The second-order valence-corrected chi connectivity index (χ2v) is 7.43. The number of hydrogen-bond acceptors (Lipinski definition) is 4. The predicted molar refractivity (Wildman–Crippen MR) is 107 cm³/mol. The highest BCUT2D eigenvalue weighted by Gasteiger charge is 2.20. The number of rotatable bonds is 3. The van der Waals surface area contributed by atoms with Crippen LogP contribution in [0.25, 0.3) is 16.9 Å². The van der Waals surface area contributed by atoms with E-state index in [1.165, 1.54) is 22.7 Å². The van der Waals surface area contributed by atoms with Gasteiger partial charge in [0.05, 0.1) is 16.6 Å². The lowest BCUT2D eigenvalue weighted by Gasteiger charge is -2.12. The van der Waals surface area contributed by atoms with Crippen molar-refractivity contribution in [3.05, 3.63) is 81.5 Å². The van der Waals surface area contributed by atoms with Crippen LogP contribution in [0.3, 0.4) is 0 Å². The van der Waals surface area contributed by atoms with E-state index in [0.717, 1.165) is 6.07 Å². The Morgan fingerprint density at radius 2 is 1.75 bits per heavy atom. The Kier molecular flexibility index (Phi) is 4.91. The molecule has 0 spiro atoms. The second kappa shape index (κ2) is 7.24. The summed E-state index contributed by atoms with van der Waals surface area (Å²) in [6.07, 6.45) is 0. The van der Waals surface area contributed by atoms with Crippen LogP contribution in [-0.4, -0.2) is 19.7 Å². The van der Waals surface area contributed by atoms with E-state index in [1.807, 2.05) is 0 Å². The van der Waals surface area contributed by atoms with Crippen LogP contribution in [-0.2, 0) is 0 Å². The zero-order chi connectivity index (χ0) is 20.0. The van der Waals surface area contributed by atoms with Gasteiger partial charge in [0.25, 0.3) is 0 Å². The van der Waals surface area contributed by atoms with Crippen molar-refractivity contribution in [2.45, 2.75) is 5.25 Å². The normalized spacial score (nSPS) is 12.5. The highest BCUT2D eigenvalue weighted by Crippen LogP contribution is 2.33. The number of nitrogens with zero attached hydrogens (tertiary/aromatic N) is 3. The van der Waals surface area contributed by atoms with Gasteiger partial charge < -0.3 is 5.11 Å². The molecule has 0 amide bonds. The molecule has 1 unspecified atom stereocenters. The molecule has 28 heavy (non-hydrogen) atoms. The topological polar surface area (TPSA) is 50.4 Å². The van der Waals surface area contributed by atoms with Gasteiger partial charge in [-0.3, -0.25) is 0 Å². The van der Waals surface area contributed by atoms with Gasteiger partial charge in [0, 0.05) is 33.3 Å². The first-order valence-electron chi connectivity index (χ1n) is 8.01. The molecule has 0 saturated carbocycles. The summed E-state index contributed by atoms with van der Waals surface area (Å²) in [7, 11) is 0. The van der Waals surface area contributed by atoms with E-state index >= 15 is 0 Å². The maximum Gasteiger partial charge on any atom is 0.215 e. The maximum absolute atomic E-state index is 14.1. The lowest BCUT2D eigenvalue weighted by atomic mass is 10.1. The van der Waals surface area contributed by atoms with Crippen molar-refractivity contribution >= 4 is 41.5 Å². The molecule has 0 aliphatic heterocycles. The van der Waals surface area contributed by atoms with Gasteiger partial charge in [-0.05, 0) is 24.3 Å². The summed E-state index contributed by atoms with van der Waals surface area (Å²) in [6, 6.07) is 11.7. The number of halogens is 4.